The van der Waals surface area contributed by atoms with Crippen molar-refractivity contribution in [3.05, 3.63) is 70.1 Å². The Morgan fingerprint density at radius 3 is 2.86 bits per heavy atom. The molecule has 1 saturated heterocycles. The minimum Gasteiger partial charge on any atom is -0.387 e. The maximum absolute atomic E-state index is 13.8. The van der Waals surface area contributed by atoms with Gasteiger partial charge in [-0.3, -0.25) is 9.78 Å². The van der Waals surface area contributed by atoms with Crippen molar-refractivity contribution in [3.63, 3.8) is 0 Å². The largest absolute Gasteiger partial charge is 0.387 e. The molecule has 0 aliphatic carbocycles. The summed E-state index contributed by atoms with van der Waals surface area (Å²) >= 11 is 0. The van der Waals surface area contributed by atoms with Crippen LogP contribution in [-0.2, 0) is 4.79 Å². The minimum atomic E-state index is -0.459. The Morgan fingerprint density at radius 1 is 1.29 bits per heavy atom. The third-order valence-corrected chi connectivity index (χ3v) is 7.14. The Balaban J connectivity index is 1.43. The third-order valence-electron chi connectivity index (χ3n) is 7.14. The van der Waals surface area contributed by atoms with Crippen molar-refractivity contribution in [3.8, 4) is 0 Å². The molecule has 6 rings (SSSR count). The van der Waals surface area contributed by atoms with Gasteiger partial charge in [0.1, 0.15) is 23.7 Å². The molecule has 0 unspecified atom stereocenters. The summed E-state index contributed by atoms with van der Waals surface area (Å²) in [5.41, 5.74) is 14.3. The molecule has 2 aromatic heterocycles. The van der Waals surface area contributed by atoms with Crippen molar-refractivity contribution in [1.29, 1.82) is 0 Å². The number of piperidine rings is 1. The molecule has 35 heavy (non-hydrogen) atoms. The highest BCUT2D eigenvalue weighted by atomic mass is 19.1. The lowest BCUT2D eigenvalue weighted by Gasteiger charge is -2.32. The molecule has 4 N–H and O–H groups in total. The van der Waals surface area contributed by atoms with Crippen LogP contribution < -0.4 is 21.9 Å². The molecule has 5 heterocycles. The lowest BCUT2D eigenvalue weighted by atomic mass is 10.0. The number of carbonyl (C=O) groups is 1. The van der Waals surface area contributed by atoms with Crippen LogP contribution >= 0.6 is 0 Å². The van der Waals surface area contributed by atoms with Crippen molar-refractivity contribution >= 4 is 28.2 Å². The van der Waals surface area contributed by atoms with Crippen molar-refractivity contribution in [2.45, 2.75) is 25.8 Å². The molecule has 1 fully saturated rings. The smallest absolute Gasteiger partial charge is 0.248 e. The number of nitrogens with one attached hydrogen (secondary N) is 1. The number of rotatable bonds is 3. The molecular formula is C25H26FN7O2. The van der Waals surface area contributed by atoms with Crippen molar-refractivity contribution in [1.82, 2.24) is 24.9 Å². The Labute approximate surface area is 200 Å². The SMILES string of the molecule is Cc1cn(C2CCN(C(=O)CO)CC2)c2c1=C(N)N1NCC(c3cnc4ccc(F)cc4c3)=C1N=2. The monoisotopic (exact) mass is 475 g/mol. The van der Waals surface area contributed by atoms with E-state index in [4.69, 9.17) is 10.7 Å². The molecule has 10 heteroatoms. The molecule has 3 aliphatic rings. The summed E-state index contributed by atoms with van der Waals surface area (Å²) in [4.78, 5) is 23.1. The van der Waals surface area contributed by atoms with Gasteiger partial charge in [-0.15, -0.1) is 0 Å². The Bertz CT molecular complexity index is 1520. The zero-order valence-corrected chi connectivity index (χ0v) is 19.3. The molecule has 9 nitrogen and oxygen atoms in total. The number of aliphatic hydroxyl groups excluding tert-OH is 1. The third kappa shape index (κ3) is 3.48. The Hall–Kier alpha value is -3.76. The topological polar surface area (TPSA) is 112 Å². The second-order valence-electron chi connectivity index (χ2n) is 9.22. The summed E-state index contributed by atoms with van der Waals surface area (Å²) in [6.45, 7) is 3.27. The first-order valence-electron chi connectivity index (χ1n) is 11.7. The lowest BCUT2D eigenvalue weighted by Crippen LogP contribution is -2.48. The molecule has 0 saturated carbocycles. The first kappa shape index (κ1) is 21.8. The molecule has 1 amide bonds. The van der Waals surface area contributed by atoms with Gasteiger partial charge in [0.25, 0.3) is 0 Å². The van der Waals surface area contributed by atoms with E-state index in [9.17, 15) is 14.3 Å². The van der Waals surface area contributed by atoms with E-state index in [0.717, 1.165) is 51.2 Å². The van der Waals surface area contributed by atoms with E-state index >= 15 is 0 Å². The van der Waals surface area contributed by atoms with E-state index in [0.29, 0.717) is 31.3 Å². The predicted molar refractivity (Wildman–Crippen MR) is 128 cm³/mol. The van der Waals surface area contributed by atoms with Gasteiger partial charge in [0.05, 0.1) is 10.7 Å². The number of aromatic nitrogens is 2. The molecule has 1 aromatic carbocycles. The number of nitrogens with two attached hydrogens (primary N) is 1. The van der Waals surface area contributed by atoms with Crippen LogP contribution in [-0.4, -0.2) is 56.7 Å². The zero-order chi connectivity index (χ0) is 24.3. The fraction of sp³-hybridized carbons (Fsp3) is 0.320. The fourth-order valence-corrected chi connectivity index (χ4v) is 5.32. The number of likely N-dealkylation sites (tertiary alicyclic amines) is 1. The van der Waals surface area contributed by atoms with Crippen LogP contribution in [0.15, 0.2) is 47.5 Å². The van der Waals surface area contributed by atoms with Crippen LogP contribution in [0.3, 0.4) is 0 Å². The van der Waals surface area contributed by atoms with Gasteiger partial charge in [-0.05, 0) is 49.6 Å². The summed E-state index contributed by atoms with van der Waals surface area (Å²) in [7, 11) is 0. The van der Waals surface area contributed by atoms with Crippen molar-refractivity contribution in [2.75, 3.05) is 26.2 Å². The van der Waals surface area contributed by atoms with Gasteiger partial charge in [-0.25, -0.2) is 19.8 Å². The number of aryl methyl sites for hydroxylation is 1. The number of halogens is 1. The number of nitrogens with zero attached hydrogens (tertiary/aromatic N) is 5. The summed E-state index contributed by atoms with van der Waals surface area (Å²) in [6.07, 6.45) is 5.41. The quantitative estimate of drug-likeness (QED) is 0.508. The van der Waals surface area contributed by atoms with Crippen LogP contribution in [0.25, 0.3) is 22.3 Å². The predicted octanol–water partition coefficient (Wildman–Crippen LogP) is 0.486. The normalized spacial score (nSPS) is 18.2. The average Bonchev–Trinajstić information content (AvgIpc) is 3.45. The first-order chi connectivity index (χ1) is 16.9. The number of hydrogen-bond acceptors (Lipinski definition) is 7. The second kappa shape index (κ2) is 8.17. The molecule has 3 aromatic rings. The number of fused-ring (bicyclic) bond motifs is 3. The van der Waals surface area contributed by atoms with Gasteiger partial charge in [0, 0.05) is 54.6 Å². The molecule has 0 spiro atoms. The fourth-order valence-electron chi connectivity index (χ4n) is 5.32. The van der Waals surface area contributed by atoms with Crippen molar-refractivity contribution in [2.24, 2.45) is 10.7 Å². The van der Waals surface area contributed by atoms with Crippen LogP contribution in [0.2, 0.25) is 0 Å². The van der Waals surface area contributed by atoms with Crippen LogP contribution in [0.4, 0.5) is 4.39 Å². The Kier molecular flexibility index (Phi) is 5.08. The number of pyridine rings is 1. The number of hydrazine groups is 1. The minimum absolute atomic E-state index is 0.173. The average molecular weight is 476 g/mol. The van der Waals surface area contributed by atoms with Gasteiger partial charge in [-0.1, -0.05) is 0 Å². The molecule has 0 radical (unpaired) electrons. The summed E-state index contributed by atoms with van der Waals surface area (Å²) in [5.74, 6) is 0.761. The standard InChI is InChI=1S/C25H26FN7O2/c1-14-12-32(18-4-6-31(7-5-18)21(35)13-34)25-22(14)23(27)33-24(30-25)19(11-29-33)16-8-15-9-17(26)2-3-20(15)28-10-16/h2-3,8-10,12,18,29,34H,4-7,11,13,27H2,1H3. The van der Waals surface area contributed by atoms with Gasteiger partial charge < -0.3 is 20.3 Å². The van der Waals surface area contributed by atoms with E-state index in [1.54, 1.807) is 17.2 Å². The second-order valence-corrected chi connectivity index (χ2v) is 9.22. The number of benzene rings is 1. The highest BCUT2D eigenvalue weighted by molar-refractivity contribution is 5.84. The summed E-state index contributed by atoms with van der Waals surface area (Å²) < 4.78 is 16.0. The van der Waals surface area contributed by atoms with Gasteiger partial charge in [0.15, 0.2) is 5.82 Å². The maximum Gasteiger partial charge on any atom is 0.248 e. The van der Waals surface area contributed by atoms with Crippen molar-refractivity contribution < 1.29 is 14.3 Å². The summed E-state index contributed by atoms with van der Waals surface area (Å²) in [5, 5.41) is 12.6. The number of amides is 1. The summed E-state index contributed by atoms with van der Waals surface area (Å²) in [6, 6.07) is 6.66. The highest BCUT2D eigenvalue weighted by Crippen LogP contribution is 2.30. The van der Waals surface area contributed by atoms with E-state index in [1.165, 1.54) is 12.1 Å². The van der Waals surface area contributed by atoms with Gasteiger partial charge in [-0.2, -0.15) is 0 Å². The highest BCUT2D eigenvalue weighted by Gasteiger charge is 2.31. The maximum atomic E-state index is 13.8. The molecule has 3 aliphatic heterocycles. The Morgan fingerprint density at radius 2 is 2.09 bits per heavy atom. The molecule has 0 atom stereocenters. The molecule has 0 bridgehead atoms. The first-order valence-corrected chi connectivity index (χ1v) is 11.7. The number of hydrogen-bond donors (Lipinski definition) is 3. The van der Waals surface area contributed by atoms with Crippen LogP contribution in [0.5, 0.6) is 0 Å². The number of carbonyl (C=O) groups excluding carboxylic acids is 1. The lowest BCUT2D eigenvalue weighted by molar-refractivity contribution is -0.135. The zero-order valence-electron chi connectivity index (χ0n) is 19.3. The molecule has 180 valence electrons. The van der Waals surface area contributed by atoms with E-state index in [1.807, 2.05) is 18.0 Å². The van der Waals surface area contributed by atoms with E-state index in [-0.39, 0.29) is 17.8 Å². The van der Waals surface area contributed by atoms with Gasteiger partial charge >= 0.3 is 0 Å². The van der Waals surface area contributed by atoms with E-state index in [2.05, 4.69) is 21.2 Å². The van der Waals surface area contributed by atoms with Gasteiger partial charge in [0.2, 0.25) is 5.91 Å². The molecular weight excluding hydrogens is 449 g/mol. The van der Waals surface area contributed by atoms with E-state index < -0.39 is 6.61 Å². The van der Waals surface area contributed by atoms with Crippen LogP contribution in [0, 0.1) is 12.7 Å². The number of aliphatic hydroxyl groups is 1. The van der Waals surface area contributed by atoms with Crippen LogP contribution in [0.1, 0.15) is 30.0 Å².